The van der Waals surface area contributed by atoms with Gasteiger partial charge in [0.15, 0.2) is 5.69 Å². The van der Waals surface area contributed by atoms with Crippen LogP contribution in [0.4, 0.5) is 0 Å². The molecule has 0 bridgehead atoms. The Bertz CT molecular complexity index is 402. The third-order valence-corrected chi connectivity index (χ3v) is 3.78. The van der Waals surface area contributed by atoms with E-state index in [4.69, 9.17) is 0 Å². The van der Waals surface area contributed by atoms with Crippen molar-refractivity contribution >= 4 is 5.91 Å². The van der Waals surface area contributed by atoms with Gasteiger partial charge in [-0.25, -0.2) is 0 Å². The molecule has 100 valence electrons. The van der Waals surface area contributed by atoms with Crippen LogP contribution in [0.3, 0.4) is 0 Å². The lowest BCUT2D eigenvalue weighted by Gasteiger charge is -2.40. The first-order valence-electron chi connectivity index (χ1n) is 6.31. The molecule has 5 nitrogen and oxygen atoms in total. The summed E-state index contributed by atoms with van der Waals surface area (Å²) in [6, 6.07) is 1.50. The van der Waals surface area contributed by atoms with Crippen molar-refractivity contribution in [1.29, 1.82) is 0 Å². The second-order valence-electron chi connectivity index (χ2n) is 5.96. The predicted molar refractivity (Wildman–Crippen MR) is 66.0 cm³/mol. The molecule has 1 aliphatic carbocycles. The molecule has 1 aliphatic rings. The zero-order valence-corrected chi connectivity index (χ0v) is 10.9. The van der Waals surface area contributed by atoms with E-state index < -0.39 is 5.60 Å². The Balaban J connectivity index is 1.85. The Labute approximate surface area is 107 Å². The van der Waals surface area contributed by atoms with Crippen molar-refractivity contribution in [1.82, 2.24) is 10.5 Å². The Morgan fingerprint density at radius 1 is 1.44 bits per heavy atom. The van der Waals surface area contributed by atoms with Crippen molar-refractivity contribution in [2.45, 2.75) is 45.1 Å². The van der Waals surface area contributed by atoms with Crippen LogP contribution < -0.4 is 5.32 Å². The van der Waals surface area contributed by atoms with Gasteiger partial charge in [-0.3, -0.25) is 4.79 Å². The zero-order valence-electron chi connectivity index (χ0n) is 10.9. The van der Waals surface area contributed by atoms with Gasteiger partial charge in [-0.15, -0.1) is 0 Å². The summed E-state index contributed by atoms with van der Waals surface area (Å²) in [6.07, 6.45) is 4.75. The van der Waals surface area contributed by atoms with E-state index in [1.165, 1.54) is 12.3 Å². The van der Waals surface area contributed by atoms with Gasteiger partial charge >= 0.3 is 0 Å². The van der Waals surface area contributed by atoms with Crippen LogP contribution in [0.25, 0.3) is 0 Å². The summed E-state index contributed by atoms with van der Waals surface area (Å²) in [7, 11) is 0. The van der Waals surface area contributed by atoms with E-state index in [1.54, 1.807) is 0 Å². The highest BCUT2D eigenvalue weighted by molar-refractivity contribution is 5.91. The Morgan fingerprint density at radius 2 is 2.11 bits per heavy atom. The third-order valence-electron chi connectivity index (χ3n) is 3.78. The molecule has 0 atom stereocenters. The second-order valence-corrected chi connectivity index (χ2v) is 5.96. The molecule has 1 saturated carbocycles. The molecule has 18 heavy (non-hydrogen) atoms. The van der Waals surface area contributed by atoms with Gasteiger partial charge < -0.3 is 14.9 Å². The number of nitrogens with zero attached hydrogens (tertiary/aromatic N) is 1. The number of aliphatic hydroxyl groups is 1. The van der Waals surface area contributed by atoms with E-state index in [-0.39, 0.29) is 18.1 Å². The van der Waals surface area contributed by atoms with Crippen LogP contribution in [0.2, 0.25) is 0 Å². The van der Waals surface area contributed by atoms with Crippen LogP contribution in [0.1, 0.15) is 50.0 Å². The number of amides is 1. The van der Waals surface area contributed by atoms with Crippen LogP contribution >= 0.6 is 0 Å². The first kappa shape index (κ1) is 13.1. The molecule has 0 radical (unpaired) electrons. The largest absolute Gasteiger partial charge is 0.388 e. The average molecular weight is 252 g/mol. The van der Waals surface area contributed by atoms with Gasteiger partial charge in [0.1, 0.15) is 6.26 Å². The van der Waals surface area contributed by atoms with Crippen molar-refractivity contribution in [3.63, 3.8) is 0 Å². The molecule has 2 rings (SSSR count). The fourth-order valence-electron chi connectivity index (χ4n) is 2.23. The van der Waals surface area contributed by atoms with Gasteiger partial charge in [-0.1, -0.05) is 19.0 Å². The lowest BCUT2D eigenvalue weighted by Crippen LogP contribution is -2.46. The van der Waals surface area contributed by atoms with Gasteiger partial charge in [0, 0.05) is 12.6 Å². The minimum atomic E-state index is -0.783. The van der Waals surface area contributed by atoms with Crippen LogP contribution in [-0.2, 0) is 0 Å². The monoisotopic (exact) mass is 252 g/mol. The Hall–Kier alpha value is -1.36. The summed E-state index contributed by atoms with van der Waals surface area (Å²) in [4.78, 5) is 11.7. The minimum absolute atomic E-state index is 0.245. The summed E-state index contributed by atoms with van der Waals surface area (Å²) in [5.41, 5.74) is -0.244. The van der Waals surface area contributed by atoms with Crippen LogP contribution in [0, 0.1) is 5.41 Å². The number of rotatable bonds is 3. The lowest BCUT2D eigenvalue weighted by molar-refractivity contribution is -0.0233. The molecule has 0 aromatic carbocycles. The van der Waals surface area contributed by atoms with Crippen molar-refractivity contribution in [2.24, 2.45) is 5.41 Å². The van der Waals surface area contributed by atoms with Gasteiger partial charge in [0.2, 0.25) is 0 Å². The summed E-state index contributed by atoms with van der Waals surface area (Å²) < 4.78 is 4.61. The van der Waals surface area contributed by atoms with Crippen LogP contribution in [-0.4, -0.2) is 28.3 Å². The minimum Gasteiger partial charge on any atom is -0.388 e. The number of hydrogen-bond acceptors (Lipinski definition) is 4. The number of nitrogens with one attached hydrogen (secondary N) is 1. The van der Waals surface area contributed by atoms with Crippen molar-refractivity contribution in [3.05, 3.63) is 18.0 Å². The molecule has 1 heterocycles. The Kier molecular flexibility index (Phi) is 3.43. The Morgan fingerprint density at radius 3 is 2.67 bits per heavy atom. The molecule has 0 spiro atoms. The average Bonchev–Trinajstić information content (AvgIpc) is 2.85. The molecule has 1 aromatic heterocycles. The normalized spacial score (nSPS) is 21.5. The smallest absolute Gasteiger partial charge is 0.273 e. The maximum Gasteiger partial charge on any atom is 0.273 e. The van der Waals surface area contributed by atoms with Gasteiger partial charge in [0.25, 0.3) is 5.91 Å². The summed E-state index contributed by atoms with van der Waals surface area (Å²) >= 11 is 0. The van der Waals surface area contributed by atoms with E-state index in [0.717, 1.165) is 25.7 Å². The van der Waals surface area contributed by atoms with Gasteiger partial charge in [-0.2, -0.15) is 0 Å². The fourth-order valence-corrected chi connectivity index (χ4v) is 2.23. The quantitative estimate of drug-likeness (QED) is 0.859. The molecule has 5 heteroatoms. The lowest BCUT2D eigenvalue weighted by atomic mass is 9.71. The second kappa shape index (κ2) is 4.72. The van der Waals surface area contributed by atoms with Gasteiger partial charge in [0.05, 0.1) is 5.60 Å². The van der Waals surface area contributed by atoms with Crippen molar-refractivity contribution in [3.8, 4) is 0 Å². The number of carbonyl (C=O) groups is 1. The first-order chi connectivity index (χ1) is 8.40. The standard InChI is InChI=1S/C13H20N2O3/c1-12(2)4-6-13(17,7-5-12)9-14-11(16)10-3-8-18-15-10/h3,8,17H,4-7,9H2,1-2H3,(H,14,16). The third kappa shape index (κ3) is 3.10. The molecule has 1 aromatic rings. The molecule has 2 N–H and O–H groups in total. The molecule has 0 saturated heterocycles. The zero-order chi connectivity index (χ0) is 13.2. The molecule has 0 unspecified atom stereocenters. The molecule has 1 amide bonds. The van der Waals surface area contributed by atoms with Crippen molar-refractivity contribution < 1.29 is 14.4 Å². The maximum atomic E-state index is 11.7. The highest BCUT2D eigenvalue weighted by atomic mass is 16.5. The van der Waals surface area contributed by atoms with E-state index >= 15 is 0 Å². The highest BCUT2D eigenvalue weighted by Gasteiger charge is 2.36. The van der Waals surface area contributed by atoms with Gasteiger partial charge in [-0.05, 0) is 31.1 Å². The van der Waals surface area contributed by atoms with Crippen molar-refractivity contribution in [2.75, 3.05) is 6.54 Å². The topological polar surface area (TPSA) is 75.4 Å². The first-order valence-corrected chi connectivity index (χ1v) is 6.31. The number of aromatic nitrogens is 1. The SMILES string of the molecule is CC1(C)CCC(O)(CNC(=O)c2ccon2)CC1. The van der Waals surface area contributed by atoms with E-state index in [9.17, 15) is 9.90 Å². The molecule has 1 fully saturated rings. The van der Waals surface area contributed by atoms with Crippen LogP contribution in [0.15, 0.2) is 16.9 Å². The molecular weight excluding hydrogens is 232 g/mol. The number of hydrogen-bond donors (Lipinski definition) is 2. The van der Waals surface area contributed by atoms with E-state index in [1.807, 2.05) is 0 Å². The highest BCUT2D eigenvalue weighted by Crippen LogP contribution is 2.39. The van der Waals surface area contributed by atoms with E-state index in [2.05, 4.69) is 28.8 Å². The summed E-state index contributed by atoms with van der Waals surface area (Å²) in [5.74, 6) is -0.304. The number of carbonyl (C=O) groups excluding carboxylic acids is 1. The fraction of sp³-hybridized carbons (Fsp3) is 0.692. The van der Waals surface area contributed by atoms with E-state index in [0.29, 0.717) is 5.41 Å². The summed E-state index contributed by atoms with van der Waals surface area (Å²) in [5, 5.41) is 16.7. The van der Waals surface area contributed by atoms with Crippen LogP contribution in [0.5, 0.6) is 0 Å². The molecular formula is C13H20N2O3. The predicted octanol–water partition coefficient (Wildman–Crippen LogP) is 1.74. The molecule has 0 aliphatic heterocycles. The maximum absolute atomic E-state index is 11.7. The summed E-state index contributed by atoms with van der Waals surface area (Å²) in [6.45, 7) is 4.69.